The van der Waals surface area contributed by atoms with Crippen LogP contribution in [-0.4, -0.2) is 23.8 Å². The van der Waals surface area contributed by atoms with Crippen LogP contribution in [-0.2, 0) is 9.53 Å². The predicted octanol–water partition coefficient (Wildman–Crippen LogP) is 5.00. The highest BCUT2D eigenvalue weighted by molar-refractivity contribution is 7.07. The first-order valence-corrected chi connectivity index (χ1v) is 13.2. The first-order valence-electron chi connectivity index (χ1n) is 12.0. The molecule has 0 bridgehead atoms. The number of carbonyl (C=O) groups excluding carboxylic acids is 1. The number of halogens is 1. The fourth-order valence-corrected chi connectivity index (χ4v) is 5.74. The van der Waals surface area contributed by atoms with Crippen LogP contribution in [0.15, 0.2) is 81.7 Å². The van der Waals surface area contributed by atoms with Crippen LogP contribution in [0, 0.1) is 0 Å². The molecule has 4 aromatic rings. The van der Waals surface area contributed by atoms with Gasteiger partial charge in [-0.2, -0.15) is 0 Å². The molecule has 0 aliphatic carbocycles. The van der Waals surface area contributed by atoms with Crippen LogP contribution in [0.25, 0.3) is 16.8 Å². The normalized spacial score (nSPS) is 15.5. The van der Waals surface area contributed by atoms with E-state index in [1.54, 1.807) is 30.5 Å². The Kier molecular flexibility index (Phi) is 7.00. The maximum Gasteiger partial charge on any atom is 0.338 e. The van der Waals surface area contributed by atoms with Crippen molar-refractivity contribution in [1.29, 1.82) is 0 Å². The van der Waals surface area contributed by atoms with Crippen LogP contribution in [0.2, 0.25) is 5.02 Å². The number of esters is 1. The van der Waals surface area contributed by atoms with Gasteiger partial charge >= 0.3 is 5.97 Å². The monoisotopic (exact) mass is 532 g/mol. The molecule has 37 heavy (non-hydrogen) atoms. The summed E-state index contributed by atoms with van der Waals surface area (Å²) in [4.78, 5) is 32.2. The Morgan fingerprint density at radius 1 is 1.08 bits per heavy atom. The van der Waals surface area contributed by atoms with E-state index in [1.807, 2.05) is 61.5 Å². The summed E-state index contributed by atoms with van der Waals surface area (Å²) in [5.74, 6) is 0.204. The van der Waals surface area contributed by atoms with Crippen LogP contribution in [0.5, 0.6) is 5.75 Å². The van der Waals surface area contributed by atoms with E-state index < -0.39 is 12.0 Å². The first-order chi connectivity index (χ1) is 17.9. The Labute approximate surface area is 222 Å². The van der Waals surface area contributed by atoms with E-state index in [2.05, 4.69) is 4.99 Å². The molecule has 1 aliphatic rings. The third kappa shape index (κ3) is 4.61. The van der Waals surface area contributed by atoms with E-state index in [0.717, 1.165) is 21.9 Å². The number of allylic oxidation sites excluding steroid dienone is 1. The van der Waals surface area contributed by atoms with Crippen LogP contribution in [0.4, 0.5) is 0 Å². The van der Waals surface area contributed by atoms with E-state index in [4.69, 9.17) is 21.1 Å². The van der Waals surface area contributed by atoms with E-state index >= 15 is 0 Å². The lowest BCUT2D eigenvalue weighted by Crippen LogP contribution is -2.39. The largest absolute Gasteiger partial charge is 0.493 e. The minimum Gasteiger partial charge on any atom is -0.493 e. The second-order valence-electron chi connectivity index (χ2n) is 8.49. The molecule has 0 saturated carbocycles. The van der Waals surface area contributed by atoms with Gasteiger partial charge in [-0.05, 0) is 61.4 Å². The molecule has 0 N–H and O–H groups in total. The molecule has 0 spiro atoms. The summed E-state index contributed by atoms with van der Waals surface area (Å²) in [5, 5.41) is 2.59. The van der Waals surface area contributed by atoms with Gasteiger partial charge < -0.3 is 9.47 Å². The number of carbonyl (C=O) groups is 1. The molecule has 8 heteroatoms. The minimum absolute atomic E-state index is 0.217. The first kappa shape index (κ1) is 25.0. The number of nitrogens with zero attached hydrogens (tertiary/aromatic N) is 2. The summed E-state index contributed by atoms with van der Waals surface area (Å²) in [6.07, 6.45) is 1.86. The number of thiazole rings is 1. The molecule has 1 aromatic heterocycles. The van der Waals surface area contributed by atoms with Crippen LogP contribution < -0.4 is 19.6 Å². The van der Waals surface area contributed by atoms with E-state index in [1.165, 1.54) is 11.3 Å². The molecule has 2 heterocycles. The van der Waals surface area contributed by atoms with Crippen molar-refractivity contribution in [2.24, 2.45) is 4.99 Å². The second-order valence-corrected chi connectivity index (χ2v) is 9.93. The van der Waals surface area contributed by atoms with Gasteiger partial charge in [0.25, 0.3) is 5.56 Å². The Bertz CT molecular complexity index is 1720. The smallest absolute Gasteiger partial charge is 0.338 e. The number of fused-ring (bicyclic) bond motifs is 2. The zero-order valence-corrected chi connectivity index (χ0v) is 22.2. The summed E-state index contributed by atoms with van der Waals surface area (Å²) < 4.78 is 13.3. The van der Waals surface area contributed by atoms with Gasteiger partial charge in [-0.3, -0.25) is 9.36 Å². The van der Waals surface area contributed by atoms with Crippen molar-refractivity contribution >= 4 is 45.8 Å². The van der Waals surface area contributed by atoms with Crippen molar-refractivity contribution in [1.82, 2.24) is 4.57 Å². The van der Waals surface area contributed by atoms with Crippen molar-refractivity contribution < 1.29 is 14.3 Å². The molecule has 0 saturated heterocycles. The maximum absolute atomic E-state index is 13.9. The SMILES string of the molecule is CCOC(=O)C1=C(C)N=c2s/c(=C\c3c(OCC)ccc4ccccc34)c(=O)n2C1c1ccc(Cl)cc1. The number of hydrogen-bond donors (Lipinski definition) is 0. The molecule has 0 radical (unpaired) electrons. The Hall–Kier alpha value is -3.68. The molecule has 0 fully saturated rings. The molecule has 1 unspecified atom stereocenters. The highest BCUT2D eigenvalue weighted by Gasteiger charge is 2.33. The lowest BCUT2D eigenvalue weighted by Gasteiger charge is -2.24. The Morgan fingerprint density at radius 2 is 1.84 bits per heavy atom. The molecule has 1 aliphatic heterocycles. The van der Waals surface area contributed by atoms with Crippen molar-refractivity contribution in [3.63, 3.8) is 0 Å². The number of benzene rings is 3. The number of ether oxygens (including phenoxy) is 2. The zero-order chi connectivity index (χ0) is 26.1. The van der Waals surface area contributed by atoms with Gasteiger partial charge in [0.05, 0.1) is 35.1 Å². The van der Waals surface area contributed by atoms with E-state index in [-0.39, 0.29) is 12.2 Å². The van der Waals surface area contributed by atoms with Gasteiger partial charge in [-0.25, -0.2) is 9.79 Å². The highest BCUT2D eigenvalue weighted by Crippen LogP contribution is 2.32. The van der Waals surface area contributed by atoms with Crippen LogP contribution >= 0.6 is 22.9 Å². The summed E-state index contributed by atoms with van der Waals surface area (Å²) in [6, 6.07) is 18.4. The lowest BCUT2D eigenvalue weighted by atomic mass is 9.96. The topological polar surface area (TPSA) is 69.9 Å². The third-order valence-electron chi connectivity index (χ3n) is 6.21. The third-order valence-corrected chi connectivity index (χ3v) is 7.44. The summed E-state index contributed by atoms with van der Waals surface area (Å²) in [6.45, 7) is 6.16. The summed E-state index contributed by atoms with van der Waals surface area (Å²) in [7, 11) is 0. The quantitative estimate of drug-likeness (QED) is 0.328. The molecule has 6 nitrogen and oxygen atoms in total. The van der Waals surface area contributed by atoms with Crippen molar-refractivity contribution in [3.8, 4) is 5.75 Å². The van der Waals surface area contributed by atoms with Crippen LogP contribution in [0.3, 0.4) is 0 Å². The molecular weight excluding hydrogens is 508 g/mol. The minimum atomic E-state index is -0.686. The van der Waals surface area contributed by atoms with Crippen molar-refractivity contribution in [2.75, 3.05) is 13.2 Å². The van der Waals surface area contributed by atoms with Gasteiger partial charge in [-0.1, -0.05) is 65.4 Å². The summed E-state index contributed by atoms with van der Waals surface area (Å²) in [5.41, 5.74) is 2.19. The van der Waals surface area contributed by atoms with Crippen molar-refractivity contribution in [3.05, 3.63) is 108 Å². The van der Waals surface area contributed by atoms with E-state index in [0.29, 0.717) is 38.0 Å². The van der Waals surface area contributed by atoms with Gasteiger partial charge in [0.1, 0.15) is 5.75 Å². The zero-order valence-electron chi connectivity index (χ0n) is 20.7. The molecular formula is C29H25ClN2O4S. The van der Waals surface area contributed by atoms with Gasteiger partial charge in [0.15, 0.2) is 4.80 Å². The standard InChI is InChI=1S/C29H25ClN2O4S/c1-4-35-23-15-12-18-8-6-7-9-21(18)22(23)16-24-27(33)32-26(19-10-13-20(30)14-11-19)25(28(34)36-5-2)17(3)31-29(32)37-24/h6-16,26H,4-5H2,1-3H3/b24-16-. The lowest BCUT2D eigenvalue weighted by molar-refractivity contribution is -0.139. The predicted molar refractivity (Wildman–Crippen MR) is 147 cm³/mol. The molecule has 3 aromatic carbocycles. The average molecular weight is 533 g/mol. The molecule has 188 valence electrons. The van der Waals surface area contributed by atoms with Gasteiger partial charge in [0, 0.05) is 10.6 Å². The average Bonchev–Trinajstić information content (AvgIpc) is 3.19. The maximum atomic E-state index is 13.9. The highest BCUT2D eigenvalue weighted by atomic mass is 35.5. The molecule has 1 atom stereocenters. The second kappa shape index (κ2) is 10.4. The molecule has 0 amide bonds. The Balaban J connectivity index is 1.77. The fraction of sp³-hybridized carbons (Fsp3) is 0.207. The van der Waals surface area contributed by atoms with Crippen LogP contribution in [0.1, 0.15) is 37.9 Å². The number of rotatable bonds is 6. The summed E-state index contributed by atoms with van der Waals surface area (Å²) >= 11 is 7.42. The number of hydrogen-bond acceptors (Lipinski definition) is 6. The Morgan fingerprint density at radius 3 is 2.57 bits per heavy atom. The fourth-order valence-electron chi connectivity index (χ4n) is 4.59. The molecule has 5 rings (SSSR count). The van der Waals surface area contributed by atoms with Crippen molar-refractivity contribution in [2.45, 2.75) is 26.8 Å². The number of aromatic nitrogens is 1. The van der Waals surface area contributed by atoms with Gasteiger partial charge in [-0.15, -0.1) is 0 Å². The van der Waals surface area contributed by atoms with Gasteiger partial charge in [0.2, 0.25) is 0 Å². The van der Waals surface area contributed by atoms with E-state index in [9.17, 15) is 9.59 Å².